The lowest BCUT2D eigenvalue weighted by molar-refractivity contribution is -0.124. The van der Waals surface area contributed by atoms with Crippen molar-refractivity contribution in [2.24, 2.45) is 17.6 Å². The molecule has 1 unspecified atom stereocenters. The van der Waals surface area contributed by atoms with Gasteiger partial charge in [-0.25, -0.2) is 0 Å². The molecule has 1 saturated heterocycles. The molecule has 0 aliphatic carbocycles. The van der Waals surface area contributed by atoms with Crippen molar-refractivity contribution in [3.05, 3.63) is 29.8 Å². The van der Waals surface area contributed by atoms with Crippen LogP contribution in [-0.4, -0.2) is 55.1 Å². The first-order chi connectivity index (χ1) is 15.6. The zero-order valence-corrected chi connectivity index (χ0v) is 22.2. The molecule has 5 nitrogen and oxygen atoms in total. The lowest BCUT2D eigenvalue weighted by atomic mass is 9.99. The van der Waals surface area contributed by atoms with Gasteiger partial charge in [0.15, 0.2) is 0 Å². The highest BCUT2D eigenvalue weighted by Gasteiger charge is 2.27. The Labute approximate surface area is 203 Å². The van der Waals surface area contributed by atoms with Crippen LogP contribution in [0.4, 0.5) is 5.69 Å². The van der Waals surface area contributed by atoms with Crippen LogP contribution >= 0.6 is 0 Å². The van der Waals surface area contributed by atoms with Crippen LogP contribution in [0.2, 0.25) is 0 Å². The van der Waals surface area contributed by atoms with E-state index in [4.69, 9.17) is 5.73 Å². The van der Waals surface area contributed by atoms with E-state index in [9.17, 15) is 4.79 Å². The Morgan fingerprint density at radius 1 is 1.06 bits per heavy atom. The van der Waals surface area contributed by atoms with Crippen LogP contribution in [0.5, 0.6) is 0 Å². The van der Waals surface area contributed by atoms with Gasteiger partial charge in [0.25, 0.3) is 0 Å². The van der Waals surface area contributed by atoms with E-state index in [1.807, 2.05) is 0 Å². The van der Waals surface area contributed by atoms with Crippen LogP contribution in [0, 0.1) is 11.8 Å². The molecule has 2 rings (SSSR count). The minimum Gasteiger partial charge on any atom is -0.369 e. The average molecular weight is 459 g/mol. The van der Waals surface area contributed by atoms with Gasteiger partial charge in [0.1, 0.15) is 0 Å². The summed E-state index contributed by atoms with van der Waals surface area (Å²) in [6.45, 7) is 18.3. The number of carbonyl (C=O) groups excluding carboxylic acids is 1. The lowest BCUT2D eigenvalue weighted by Gasteiger charge is -2.36. The molecule has 1 atom stereocenters. The van der Waals surface area contributed by atoms with Crippen molar-refractivity contribution in [3.8, 4) is 0 Å². The van der Waals surface area contributed by atoms with Crippen molar-refractivity contribution < 1.29 is 4.79 Å². The topological polar surface area (TPSA) is 61.6 Å². The Hall–Kier alpha value is -1.59. The number of rotatable bonds is 13. The Bertz CT molecular complexity index is 692. The van der Waals surface area contributed by atoms with Crippen LogP contribution < -0.4 is 16.0 Å². The van der Waals surface area contributed by atoms with E-state index >= 15 is 0 Å². The summed E-state index contributed by atoms with van der Waals surface area (Å²) in [4.78, 5) is 17.7. The Morgan fingerprint density at radius 2 is 1.70 bits per heavy atom. The standard InChI is InChI=1S/C28H50N4O/c1-22(2)14-19-32(21-28(5,6)30-27(33)26(29)20-23(3)4)25-12-10-24(11-13-25)15-18-31-16-8-7-9-17-31/h10-13,22-23,26H,7-9,14-21,29H2,1-6H3,(H,30,33). The van der Waals surface area contributed by atoms with Crippen molar-refractivity contribution in [1.82, 2.24) is 10.2 Å². The first kappa shape index (κ1) is 27.7. The van der Waals surface area contributed by atoms with Crippen molar-refractivity contribution >= 4 is 11.6 Å². The number of likely N-dealkylation sites (tertiary alicyclic amines) is 1. The second-order valence-electron chi connectivity index (χ2n) is 11.5. The Morgan fingerprint density at radius 3 is 2.27 bits per heavy atom. The van der Waals surface area contributed by atoms with Crippen molar-refractivity contribution in [3.63, 3.8) is 0 Å². The number of carbonyl (C=O) groups is 1. The van der Waals surface area contributed by atoms with E-state index < -0.39 is 6.04 Å². The van der Waals surface area contributed by atoms with E-state index in [0.29, 0.717) is 18.3 Å². The zero-order valence-electron chi connectivity index (χ0n) is 22.2. The molecule has 0 spiro atoms. The molecule has 1 amide bonds. The lowest BCUT2D eigenvalue weighted by Crippen LogP contribution is -2.56. The summed E-state index contributed by atoms with van der Waals surface area (Å²) in [5.41, 5.74) is 8.40. The molecule has 188 valence electrons. The second kappa shape index (κ2) is 13.3. The first-order valence-electron chi connectivity index (χ1n) is 13.2. The summed E-state index contributed by atoms with van der Waals surface area (Å²) < 4.78 is 0. The van der Waals surface area contributed by atoms with Crippen LogP contribution in [0.3, 0.4) is 0 Å². The van der Waals surface area contributed by atoms with Gasteiger partial charge in [-0.3, -0.25) is 4.79 Å². The molecule has 1 aliphatic heterocycles. The number of hydrogen-bond donors (Lipinski definition) is 2. The van der Waals surface area contributed by atoms with Crippen LogP contribution in [-0.2, 0) is 11.2 Å². The maximum absolute atomic E-state index is 12.7. The fourth-order valence-corrected chi connectivity index (χ4v) is 4.61. The molecule has 1 aliphatic rings. The normalized spacial score (nSPS) is 16.3. The number of nitrogens with two attached hydrogens (primary N) is 1. The molecular weight excluding hydrogens is 408 g/mol. The molecule has 0 saturated carbocycles. The predicted molar refractivity (Wildman–Crippen MR) is 142 cm³/mol. The third-order valence-electron chi connectivity index (χ3n) is 6.55. The minimum atomic E-state index is -0.451. The summed E-state index contributed by atoms with van der Waals surface area (Å²) in [6, 6.07) is 8.63. The first-order valence-corrected chi connectivity index (χ1v) is 13.2. The van der Waals surface area contributed by atoms with Gasteiger partial charge in [0.2, 0.25) is 5.91 Å². The fourth-order valence-electron chi connectivity index (χ4n) is 4.61. The molecule has 0 aromatic heterocycles. The van der Waals surface area contributed by atoms with Crippen molar-refractivity contribution in [1.29, 1.82) is 0 Å². The third-order valence-corrected chi connectivity index (χ3v) is 6.55. The highest BCUT2D eigenvalue weighted by Crippen LogP contribution is 2.21. The Kier molecular flexibility index (Phi) is 11.2. The molecule has 1 aromatic rings. The number of nitrogens with zero attached hydrogens (tertiary/aromatic N) is 2. The van der Waals surface area contributed by atoms with Gasteiger partial charge in [-0.1, -0.05) is 46.2 Å². The number of amides is 1. The van der Waals surface area contributed by atoms with Gasteiger partial charge in [-0.2, -0.15) is 0 Å². The number of hydrogen-bond acceptors (Lipinski definition) is 4. The van der Waals surface area contributed by atoms with Gasteiger partial charge in [-0.15, -0.1) is 0 Å². The van der Waals surface area contributed by atoms with Crippen LogP contribution in [0.25, 0.3) is 0 Å². The van der Waals surface area contributed by atoms with E-state index in [1.165, 1.54) is 43.6 Å². The monoisotopic (exact) mass is 458 g/mol. The minimum absolute atomic E-state index is 0.0504. The van der Waals surface area contributed by atoms with E-state index in [-0.39, 0.29) is 11.4 Å². The summed E-state index contributed by atoms with van der Waals surface area (Å²) in [5, 5.41) is 3.21. The van der Waals surface area contributed by atoms with Gasteiger partial charge in [-0.05, 0) is 88.6 Å². The third kappa shape index (κ3) is 10.5. The molecule has 5 heteroatoms. The van der Waals surface area contributed by atoms with Gasteiger partial charge < -0.3 is 20.9 Å². The summed E-state index contributed by atoms with van der Waals surface area (Å²) in [6.07, 6.45) is 7.02. The number of anilines is 1. The molecule has 1 aromatic carbocycles. The molecule has 0 radical (unpaired) electrons. The predicted octanol–water partition coefficient (Wildman–Crippen LogP) is 4.84. The van der Waals surface area contributed by atoms with Crippen molar-refractivity contribution in [2.45, 2.75) is 91.6 Å². The van der Waals surface area contributed by atoms with Gasteiger partial charge >= 0.3 is 0 Å². The number of piperidine rings is 1. The molecule has 0 bridgehead atoms. The largest absolute Gasteiger partial charge is 0.369 e. The molecule has 33 heavy (non-hydrogen) atoms. The molecule has 1 fully saturated rings. The van der Waals surface area contributed by atoms with Gasteiger partial charge in [0, 0.05) is 25.3 Å². The highest BCUT2D eigenvalue weighted by molar-refractivity contribution is 5.82. The quantitative estimate of drug-likeness (QED) is 0.444. The zero-order chi connectivity index (χ0) is 24.4. The fraction of sp³-hybridized carbons (Fsp3) is 0.750. The molecule has 3 N–H and O–H groups in total. The van der Waals surface area contributed by atoms with E-state index in [2.05, 4.69) is 80.9 Å². The number of nitrogens with one attached hydrogen (secondary N) is 1. The van der Waals surface area contributed by atoms with Crippen LogP contribution in [0.15, 0.2) is 24.3 Å². The highest BCUT2D eigenvalue weighted by atomic mass is 16.2. The second-order valence-corrected chi connectivity index (χ2v) is 11.5. The summed E-state index contributed by atoms with van der Waals surface area (Å²) in [5.74, 6) is 0.990. The van der Waals surface area contributed by atoms with Crippen LogP contribution in [0.1, 0.15) is 79.2 Å². The molecule has 1 heterocycles. The maximum Gasteiger partial charge on any atom is 0.237 e. The smallest absolute Gasteiger partial charge is 0.237 e. The van der Waals surface area contributed by atoms with Gasteiger partial charge in [0.05, 0.1) is 11.6 Å². The summed E-state index contributed by atoms with van der Waals surface area (Å²) >= 11 is 0. The number of benzene rings is 1. The SMILES string of the molecule is CC(C)CCN(CC(C)(C)NC(=O)C(N)CC(C)C)c1ccc(CCN2CCCCC2)cc1. The maximum atomic E-state index is 12.7. The average Bonchev–Trinajstić information content (AvgIpc) is 2.75. The Balaban J connectivity index is 2.01. The molecular formula is C28H50N4O. The van der Waals surface area contributed by atoms with E-state index in [0.717, 1.165) is 32.5 Å². The van der Waals surface area contributed by atoms with Crippen molar-refractivity contribution in [2.75, 3.05) is 37.6 Å². The summed E-state index contributed by atoms with van der Waals surface area (Å²) in [7, 11) is 0. The van der Waals surface area contributed by atoms with E-state index in [1.54, 1.807) is 0 Å².